The van der Waals surface area contributed by atoms with Gasteiger partial charge in [0, 0.05) is 6.26 Å². The van der Waals surface area contributed by atoms with E-state index in [1.54, 1.807) is 0 Å². The largest absolute Gasteiger partial charge is 0.462 e. The number of rotatable bonds is 4. The average Bonchev–Trinajstić information content (AvgIpc) is 2.25. The monoisotopic (exact) mass is 242 g/mol. The van der Waals surface area contributed by atoms with Crippen LogP contribution in [0.5, 0.6) is 0 Å². The van der Waals surface area contributed by atoms with Crippen LogP contribution >= 0.6 is 0 Å². The van der Waals surface area contributed by atoms with E-state index in [9.17, 15) is 13.2 Å². The number of carbonyl (C=O) groups excluding carboxylic acids is 1. The third-order valence-electron chi connectivity index (χ3n) is 1.96. The van der Waals surface area contributed by atoms with Gasteiger partial charge in [-0.2, -0.15) is 0 Å². The van der Waals surface area contributed by atoms with Crippen molar-refractivity contribution < 1.29 is 17.9 Å². The van der Waals surface area contributed by atoms with E-state index in [0.29, 0.717) is 12.2 Å². The summed E-state index contributed by atoms with van der Waals surface area (Å²) >= 11 is 0. The molecule has 1 aromatic carbocycles. The van der Waals surface area contributed by atoms with E-state index < -0.39 is 15.8 Å². The van der Waals surface area contributed by atoms with Crippen molar-refractivity contribution in [2.24, 2.45) is 0 Å². The molecule has 0 saturated carbocycles. The Balaban J connectivity index is 2.83. The van der Waals surface area contributed by atoms with Crippen LogP contribution in [0.15, 0.2) is 29.2 Å². The van der Waals surface area contributed by atoms with Crippen LogP contribution in [-0.2, 0) is 14.6 Å². The molecule has 88 valence electrons. The fourth-order valence-electron chi connectivity index (χ4n) is 1.12. The number of ether oxygens (including phenoxy) is 1. The van der Waals surface area contributed by atoms with Crippen molar-refractivity contribution in [3.8, 4) is 0 Å². The van der Waals surface area contributed by atoms with Gasteiger partial charge in [-0.1, -0.05) is 6.92 Å². The third-order valence-corrected chi connectivity index (χ3v) is 3.08. The highest BCUT2D eigenvalue weighted by atomic mass is 32.2. The molecule has 0 aliphatic rings. The van der Waals surface area contributed by atoms with Crippen LogP contribution in [0.4, 0.5) is 0 Å². The SMILES string of the molecule is CCCOC(=O)c1ccc(S(C)(=O)=O)cc1. The van der Waals surface area contributed by atoms with E-state index in [-0.39, 0.29) is 4.90 Å². The van der Waals surface area contributed by atoms with Crippen LogP contribution in [0, 0.1) is 0 Å². The van der Waals surface area contributed by atoms with E-state index in [1.807, 2.05) is 6.92 Å². The van der Waals surface area contributed by atoms with Crippen LogP contribution in [0.25, 0.3) is 0 Å². The summed E-state index contributed by atoms with van der Waals surface area (Å²) in [4.78, 5) is 11.6. The zero-order valence-corrected chi connectivity index (χ0v) is 10.1. The first-order valence-corrected chi connectivity index (χ1v) is 6.81. The summed E-state index contributed by atoms with van der Waals surface area (Å²) in [6.07, 6.45) is 1.88. The number of esters is 1. The minimum atomic E-state index is -3.21. The minimum Gasteiger partial charge on any atom is -0.462 e. The highest BCUT2D eigenvalue weighted by Crippen LogP contribution is 2.11. The molecule has 0 saturated heterocycles. The molecular weight excluding hydrogens is 228 g/mol. The van der Waals surface area contributed by atoms with Gasteiger partial charge >= 0.3 is 5.97 Å². The fraction of sp³-hybridized carbons (Fsp3) is 0.364. The van der Waals surface area contributed by atoms with E-state index in [2.05, 4.69) is 0 Å². The van der Waals surface area contributed by atoms with Crippen LogP contribution in [0.1, 0.15) is 23.7 Å². The summed E-state index contributed by atoms with van der Waals surface area (Å²) in [5.41, 5.74) is 0.362. The van der Waals surface area contributed by atoms with Gasteiger partial charge in [-0.05, 0) is 30.7 Å². The fourth-order valence-corrected chi connectivity index (χ4v) is 1.75. The smallest absolute Gasteiger partial charge is 0.338 e. The number of hydrogen-bond acceptors (Lipinski definition) is 4. The molecule has 0 amide bonds. The molecule has 0 N–H and O–H groups in total. The molecule has 5 heteroatoms. The van der Waals surface area contributed by atoms with Crippen LogP contribution in [0.3, 0.4) is 0 Å². The number of sulfone groups is 1. The topological polar surface area (TPSA) is 60.4 Å². The molecule has 16 heavy (non-hydrogen) atoms. The molecule has 4 nitrogen and oxygen atoms in total. The van der Waals surface area contributed by atoms with Gasteiger partial charge in [0.15, 0.2) is 9.84 Å². The van der Waals surface area contributed by atoms with Gasteiger partial charge in [0.1, 0.15) is 0 Å². The Morgan fingerprint density at radius 2 is 1.81 bits per heavy atom. The molecule has 0 fully saturated rings. The number of benzene rings is 1. The second kappa shape index (κ2) is 5.12. The quantitative estimate of drug-likeness (QED) is 0.753. The van der Waals surface area contributed by atoms with Crippen molar-refractivity contribution in [1.82, 2.24) is 0 Å². The summed E-state index contributed by atoms with van der Waals surface area (Å²) in [5.74, 6) is -0.429. The molecule has 0 bridgehead atoms. The number of hydrogen-bond donors (Lipinski definition) is 0. The normalized spacial score (nSPS) is 11.1. The Morgan fingerprint density at radius 1 is 1.25 bits per heavy atom. The van der Waals surface area contributed by atoms with Crippen molar-refractivity contribution >= 4 is 15.8 Å². The predicted molar refractivity (Wildman–Crippen MR) is 60.1 cm³/mol. The predicted octanol–water partition coefficient (Wildman–Crippen LogP) is 1.66. The number of carbonyl (C=O) groups is 1. The summed E-state index contributed by atoms with van der Waals surface area (Å²) < 4.78 is 27.3. The van der Waals surface area contributed by atoms with Crippen molar-refractivity contribution in [3.05, 3.63) is 29.8 Å². The molecule has 0 spiro atoms. The summed E-state index contributed by atoms with van der Waals surface area (Å²) in [7, 11) is -3.21. The Hall–Kier alpha value is -1.36. The van der Waals surface area contributed by atoms with Crippen molar-refractivity contribution in [3.63, 3.8) is 0 Å². The highest BCUT2D eigenvalue weighted by molar-refractivity contribution is 7.90. The highest BCUT2D eigenvalue weighted by Gasteiger charge is 2.10. The van der Waals surface area contributed by atoms with Crippen molar-refractivity contribution in [2.75, 3.05) is 12.9 Å². The van der Waals surface area contributed by atoms with Gasteiger partial charge in [0.05, 0.1) is 17.1 Å². The Morgan fingerprint density at radius 3 is 2.25 bits per heavy atom. The van der Waals surface area contributed by atoms with Gasteiger partial charge in [-0.25, -0.2) is 13.2 Å². The zero-order chi connectivity index (χ0) is 12.2. The molecule has 0 radical (unpaired) electrons. The van der Waals surface area contributed by atoms with Crippen molar-refractivity contribution in [1.29, 1.82) is 0 Å². The lowest BCUT2D eigenvalue weighted by molar-refractivity contribution is 0.0505. The molecule has 1 rings (SSSR count). The van der Waals surface area contributed by atoms with Gasteiger partial charge in [-0.15, -0.1) is 0 Å². The molecule has 0 unspecified atom stereocenters. The standard InChI is InChI=1S/C11H14O4S/c1-3-8-15-11(12)9-4-6-10(7-5-9)16(2,13)14/h4-7H,3,8H2,1-2H3. The van der Waals surface area contributed by atoms with Gasteiger partial charge in [0.2, 0.25) is 0 Å². The average molecular weight is 242 g/mol. The molecular formula is C11H14O4S. The second-order valence-corrected chi connectivity index (χ2v) is 5.45. The van der Waals surface area contributed by atoms with Gasteiger partial charge in [0.25, 0.3) is 0 Å². The zero-order valence-electron chi connectivity index (χ0n) is 9.26. The van der Waals surface area contributed by atoms with Crippen molar-refractivity contribution in [2.45, 2.75) is 18.2 Å². The maximum Gasteiger partial charge on any atom is 0.338 e. The maximum atomic E-state index is 11.4. The summed E-state index contributed by atoms with van der Waals surface area (Å²) in [5, 5.41) is 0. The second-order valence-electron chi connectivity index (χ2n) is 3.43. The van der Waals surface area contributed by atoms with Gasteiger partial charge in [-0.3, -0.25) is 0 Å². The maximum absolute atomic E-state index is 11.4. The lowest BCUT2D eigenvalue weighted by Gasteiger charge is -2.03. The molecule has 0 atom stereocenters. The molecule has 1 aromatic rings. The van der Waals surface area contributed by atoms with Crippen LogP contribution in [-0.4, -0.2) is 27.2 Å². The van der Waals surface area contributed by atoms with E-state index in [4.69, 9.17) is 4.74 Å². The van der Waals surface area contributed by atoms with E-state index in [0.717, 1.165) is 12.7 Å². The Labute approximate surface area is 95.2 Å². The lowest BCUT2D eigenvalue weighted by Crippen LogP contribution is -2.06. The van der Waals surface area contributed by atoms with Crippen LogP contribution in [0.2, 0.25) is 0 Å². The first kappa shape index (κ1) is 12.7. The first-order valence-electron chi connectivity index (χ1n) is 4.92. The molecule has 0 aliphatic heterocycles. The summed E-state index contributed by atoms with van der Waals surface area (Å²) in [6.45, 7) is 2.27. The van der Waals surface area contributed by atoms with E-state index in [1.165, 1.54) is 24.3 Å². The van der Waals surface area contributed by atoms with Crippen LogP contribution < -0.4 is 0 Å². The van der Waals surface area contributed by atoms with E-state index >= 15 is 0 Å². The molecule has 0 aromatic heterocycles. The summed E-state index contributed by atoms with van der Waals surface area (Å²) in [6, 6.07) is 5.71. The van der Waals surface area contributed by atoms with Gasteiger partial charge < -0.3 is 4.74 Å². The molecule has 0 heterocycles. The third kappa shape index (κ3) is 3.34. The minimum absolute atomic E-state index is 0.194. The lowest BCUT2D eigenvalue weighted by atomic mass is 10.2. The Kier molecular flexibility index (Phi) is 4.06. The first-order chi connectivity index (χ1) is 7.45. The Bertz CT molecular complexity index is 459. The molecule has 0 aliphatic carbocycles.